The van der Waals surface area contributed by atoms with E-state index in [-0.39, 0.29) is 36.9 Å². The van der Waals surface area contributed by atoms with Gasteiger partial charge in [-0.05, 0) is 12.8 Å². The highest BCUT2D eigenvalue weighted by Gasteiger charge is 2.33. The zero-order chi connectivity index (χ0) is 15.4. The van der Waals surface area contributed by atoms with Gasteiger partial charge in [0.1, 0.15) is 6.54 Å². The van der Waals surface area contributed by atoms with E-state index >= 15 is 0 Å². The molecule has 1 heterocycles. The number of ether oxygens (including phenoxy) is 1. The summed E-state index contributed by atoms with van der Waals surface area (Å²) < 4.78 is 5.57. The highest BCUT2D eigenvalue weighted by atomic mass is 16.5. The van der Waals surface area contributed by atoms with E-state index in [1.807, 2.05) is 0 Å². The molecule has 0 bridgehead atoms. The molecule has 2 amide bonds. The Balaban J connectivity index is 1.88. The Morgan fingerprint density at radius 3 is 2.57 bits per heavy atom. The first kappa shape index (κ1) is 15.8. The molecule has 1 aliphatic heterocycles. The highest BCUT2D eigenvalue weighted by molar-refractivity contribution is 5.80. The molecule has 1 atom stereocenters. The minimum atomic E-state index is -1.05. The van der Waals surface area contributed by atoms with Crippen molar-refractivity contribution in [2.75, 3.05) is 32.8 Å². The van der Waals surface area contributed by atoms with Crippen LogP contribution >= 0.6 is 0 Å². The van der Waals surface area contributed by atoms with Crippen LogP contribution in [0.2, 0.25) is 0 Å². The Morgan fingerprint density at radius 2 is 2.05 bits per heavy atom. The Labute approximate surface area is 123 Å². The van der Waals surface area contributed by atoms with E-state index in [1.165, 1.54) is 11.8 Å². The zero-order valence-corrected chi connectivity index (χ0v) is 12.3. The SMILES string of the molecule is CC(=O)N(CC(=O)O)CC1CN(C(=O)C2CCC2)CCO1. The van der Waals surface area contributed by atoms with Crippen LogP contribution in [0.25, 0.3) is 0 Å². The second-order valence-corrected chi connectivity index (χ2v) is 5.70. The van der Waals surface area contributed by atoms with Crippen LogP contribution in [-0.4, -0.2) is 71.6 Å². The third-order valence-corrected chi connectivity index (χ3v) is 4.10. The first-order valence-corrected chi connectivity index (χ1v) is 7.35. The van der Waals surface area contributed by atoms with Gasteiger partial charge in [-0.15, -0.1) is 0 Å². The molecule has 21 heavy (non-hydrogen) atoms. The molecular weight excluding hydrogens is 276 g/mol. The molecule has 1 aliphatic carbocycles. The molecule has 0 aromatic heterocycles. The first-order valence-electron chi connectivity index (χ1n) is 7.35. The van der Waals surface area contributed by atoms with E-state index in [2.05, 4.69) is 0 Å². The van der Waals surface area contributed by atoms with E-state index in [0.717, 1.165) is 19.3 Å². The number of hydrogen-bond acceptors (Lipinski definition) is 4. The van der Waals surface area contributed by atoms with Gasteiger partial charge in [-0.3, -0.25) is 14.4 Å². The lowest BCUT2D eigenvalue weighted by Crippen LogP contribution is -2.52. The average Bonchev–Trinajstić information content (AvgIpc) is 2.35. The second kappa shape index (κ2) is 6.89. The fraction of sp³-hybridized carbons (Fsp3) is 0.786. The van der Waals surface area contributed by atoms with Gasteiger partial charge in [0.05, 0.1) is 12.7 Å². The van der Waals surface area contributed by atoms with Crippen molar-refractivity contribution in [3.05, 3.63) is 0 Å². The van der Waals surface area contributed by atoms with Crippen LogP contribution in [0.3, 0.4) is 0 Å². The van der Waals surface area contributed by atoms with E-state index in [9.17, 15) is 14.4 Å². The van der Waals surface area contributed by atoms with E-state index in [1.54, 1.807) is 4.90 Å². The van der Waals surface area contributed by atoms with Crippen LogP contribution in [0.4, 0.5) is 0 Å². The fourth-order valence-corrected chi connectivity index (χ4v) is 2.66. The summed E-state index contributed by atoms with van der Waals surface area (Å²) in [5.41, 5.74) is 0. The Morgan fingerprint density at radius 1 is 1.33 bits per heavy atom. The van der Waals surface area contributed by atoms with Crippen LogP contribution < -0.4 is 0 Å². The van der Waals surface area contributed by atoms with E-state index in [4.69, 9.17) is 9.84 Å². The van der Waals surface area contributed by atoms with Crippen molar-refractivity contribution in [1.82, 2.24) is 9.80 Å². The number of nitrogens with zero attached hydrogens (tertiary/aromatic N) is 2. The number of morpholine rings is 1. The highest BCUT2D eigenvalue weighted by Crippen LogP contribution is 2.28. The summed E-state index contributed by atoms with van der Waals surface area (Å²) in [5, 5.41) is 8.82. The third-order valence-electron chi connectivity index (χ3n) is 4.10. The number of carbonyl (C=O) groups excluding carboxylic acids is 2. The Bertz CT molecular complexity index is 422. The van der Waals surface area contributed by atoms with Crippen LogP contribution in [0.1, 0.15) is 26.2 Å². The smallest absolute Gasteiger partial charge is 0.323 e. The molecule has 2 rings (SSSR count). The molecule has 2 aliphatic rings. The molecular formula is C14H22N2O5. The summed E-state index contributed by atoms with van der Waals surface area (Å²) >= 11 is 0. The van der Waals surface area contributed by atoms with Crippen LogP contribution in [0.15, 0.2) is 0 Å². The van der Waals surface area contributed by atoms with Gasteiger partial charge < -0.3 is 19.6 Å². The van der Waals surface area contributed by atoms with Gasteiger partial charge >= 0.3 is 5.97 Å². The summed E-state index contributed by atoms with van der Waals surface area (Å²) in [6.07, 6.45) is 2.71. The normalized spacial score (nSPS) is 22.5. The lowest BCUT2D eigenvalue weighted by atomic mass is 9.84. The molecule has 2 fully saturated rings. The molecule has 7 nitrogen and oxygen atoms in total. The Hall–Kier alpha value is -1.63. The number of carboxylic acid groups (broad SMARTS) is 1. The van der Waals surface area contributed by atoms with Crippen LogP contribution in [0, 0.1) is 5.92 Å². The van der Waals surface area contributed by atoms with Gasteiger partial charge in [-0.1, -0.05) is 6.42 Å². The summed E-state index contributed by atoms with van der Waals surface area (Å²) in [7, 11) is 0. The topological polar surface area (TPSA) is 87.2 Å². The number of rotatable bonds is 5. The van der Waals surface area contributed by atoms with Gasteiger partial charge in [-0.2, -0.15) is 0 Å². The average molecular weight is 298 g/mol. The van der Waals surface area contributed by atoms with Gasteiger partial charge in [-0.25, -0.2) is 0 Å². The predicted molar refractivity (Wildman–Crippen MR) is 73.6 cm³/mol. The number of hydrogen-bond donors (Lipinski definition) is 1. The van der Waals surface area contributed by atoms with Crippen molar-refractivity contribution < 1.29 is 24.2 Å². The van der Waals surface area contributed by atoms with Gasteiger partial charge in [0.2, 0.25) is 11.8 Å². The van der Waals surface area contributed by atoms with Crippen molar-refractivity contribution in [3.8, 4) is 0 Å². The number of aliphatic carboxylic acids is 1. The number of carbonyl (C=O) groups is 3. The van der Waals surface area contributed by atoms with Crippen LogP contribution in [0.5, 0.6) is 0 Å². The fourth-order valence-electron chi connectivity index (χ4n) is 2.66. The monoisotopic (exact) mass is 298 g/mol. The molecule has 0 aromatic rings. The van der Waals surface area contributed by atoms with Gasteiger partial charge in [0, 0.05) is 32.5 Å². The molecule has 1 unspecified atom stereocenters. The third kappa shape index (κ3) is 4.17. The van der Waals surface area contributed by atoms with Crippen LogP contribution in [-0.2, 0) is 19.1 Å². The van der Waals surface area contributed by atoms with E-state index in [0.29, 0.717) is 19.7 Å². The number of carboxylic acids is 1. The largest absolute Gasteiger partial charge is 0.480 e. The number of amides is 2. The maximum absolute atomic E-state index is 12.2. The summed E-state index contributed by atoms with van der Waals surface area (Å²) in [5.74, 6) is -1.04. The minimum Gasteiger partial charge on any atom is -0.480 e. The summed E-state index contributed by atoms with van der Waals surface area (Å²) in [4.78, 5) is 37.5. The van der Waals surface area contributed by atoms with E-state index < -0.39 is 5.97 Å². The lowest BCUT2D eigenvalue weighted by Gasteiger charge is -2.38. The molecule has 1 saturated heterocycles. The van der Waals surface area contributed by atoms with Crippen molar-refractivity contribution in [1.29, 1.82) is 0 Å². The maximum atomic E-state index is 12.2. The van der Waals surface area contributed by atoms with Gasteiger partial charge in [0.15, 0.2) is 0 Å². The molecule has 7 heteroatoms. The lowest BCUT2D eigenvalue weighted by molar-refractivity contribution is -0.150. The quantitative estimate of drug-likeness (QED) is 0.769. The second-order valence-electron chi connectivity index (χ2n) is 5.70. The molecule has 0 aromatic carbocycles. The van der Waals surface area contributed by atoms with Gasteiger partial charge in [0.25, 0.3) is 0 Å². The summed E-state index contributed by atoms with van der Waals surface area (Å²) in [6, 6.07) is 0. The first-order chi connectivity index (χ1) is 9.97. The summed E-state index contributed by atoms with van der Waals surface area (Å²) in [6.45, 7) is 2.64. The molecule has 1 saturated carbocycles. The molecule has 0 spiro atoms. The van der Waals surface area contributed by atoms with Crippen molar-refractivity contribution >= 4 is 17.8 Å². The van der Waals surface area contributed by atoms with Crippen molar-refractivity contribution in [3.63, 3.8) is 0 Å². The standard InChI is InChI=1S/C14H22N2O5/c1-10(17)16(9-13(18)19)8-12-7-15(5-6-21-12)14(20)11-3-2-4-11/h11-12H,2-9H2,1H3,(H,18,19). The minimum absolute atomic E-state index is 0.145. The maximum Gasteiger partial charge on any atom is 0.323 e. The van der Waals surface area contributed by atoms with Crippen molar-refractivity contribution in [2.24, 2.45) is 5.92 Å². The molecule has 118 valence electrons. The predicted octanol–water partition coefficient (Wildman–Crippen LogP) is -0.0530. The Kier molecular flexibility index (Phi) is 5.17. The zero-order valence-electron chi connectivity index (χ0n) is 12.3. The molecule has 1 N–H and O–H groups in total. The molecule has 0 radical (unpaired) electrons. The van der Waals surface area contributed by atoms with Crippen molar-refractivity contribution in [2.45, 2.75) is 32.3 Å².